The molecule has 0 aliphatic heterocycles. The highest BCUT2D eigenvalue weighted by Crippen LogP contribution is 1.99. The second-order valence-corrected chi connectivity index (χ2v) is 2.80. The van der Waals surface area contributed by atoms with E-state index in [4.69, 9.17) is 5.73 Å². The summed E-state index contributed by atoms with van der Waals surface area (Å²) in [5, 5.41) is 11.7. The van der Waals surface area contributed by atoms with Crippen LogP contribution in [0.25, 0.3) is 0 Å². The van der Waals surface area contributed by atoms with Gasteiger partial charge in [-0.15, -0.1) is 10.2 Å². The van der Waals surface area contributed by atoms with Crippen molar-refractivity contribution in [1.29, 1.82) is 0 Å². The van der Waals surface area contributed by atoms with Gasteiger partial charge in [0.2, 0.25) is 0 Å². The van der Waals surface area contributed by atoms with Gasteiger partial charge in [0, 0.05) is 13.2 Å². The Bertz CT molecular complexity index is 401. The zero-order valence-corrected chi connectivity index (χ0v) is 7.25. The lowest BCUT2D eigenvalue weighted by Gasteiger charge is -1.99. The number of rotatable bonds is 2. The highest BCUT2D eigenvalue weighted by Gasteiger charge is 2.01. The summed E-state index contributed by atoms with van der Waals surface area (Å²) in [7, 11) is 1.89. The fourth-order valence-electron chi connectivity index (χ4n) is 1.06. The van der Waals surface area contributed by atoms with E-state index >= 15 is 0 Å². The van der Waals surface area contributed by atoms with Gasteiger partial charge in [-0.2, -0.15) is 5.10 Å². The molecule has 0 spiro atoms. The Morgan fingerprint density at radius 2 is 2.38 bits per heavy atom. The minimum Gasteiger partial charge on any atom is -0.382 e. The smallest absolute Gasteiger partial charge is 0.154 e. The fourth-order valence-corrected chi connectivity index (χ4v) is 1.06. The van der Waals surface area contributed by atoms with Crippen LogP contribution in [0.15, 0.2) is 18.6 Å². The molecular formula is C7H10N6. The number of aryl methyl sites for hydroxylation is 1. The van der Waals surface area contributed by atoms with Crippen LogP contribution in [0.5, 0.6) is 0 Å². The van der Waals surface area contributed by atoms with E-state index in [1.165, 1.54) is 0 Å². The first-order chi connectivity index (χ1) is 6.25. The number of hydrogen-bond acceptors (Lipinski definition) is 4. The van der Waals surface area contributed by atoms with Crippen LogP contribution >= 0.6 is 0 Å². The topological polar surface area (TPSA) is 74.5 Å². The monoisotopic (exact) mass is 178 g/mol. The van der Waals surface area contributed by atoms with Crippen molar-refractivity contribution >= 4 is 5.82 Å². The van der Waals surface area contributed by atoms with Crippen LogP contribution < -0.4 is 5.73 Å². The molecule has 2 rings (SSSR count). The maximum absolute atomic E-state index is 5.47. The van der Waals surface area contributed by atoms with Gasteiger partial charge < -0.3 is 10.3 Å². The van der Waals surface area contributed by atoms with Crippen molar-refractivity contribution in [3.63, 3.8) is 0 Å². The van der Waals surface area contributed by atoms with Crippen molar-refractivity contribution in [1.82, 2.24) is 24.5 Å². The van der Waals surface area contributed by atoms with E-state index in [0.29, 0.717) is 12.4 Å². The molecule has 0 atom stereocenters. The van der Waals surface area contributed by atoms with E-state index in [2.05, 4.69) is 15.3 Å². The molecule has 0 saturated carbocycles. The van der Waals surface area contributed by atoms with Gasteiger partial charge in [-0.25, -0.2) is 0 Å². The number of nitrogens with two attached hydrogens (primary N) is 1. The Morgan fingerprint density at radius 3 is 2.92 bits per heavy atom. The Morgan fingerprint density at radius 1 is 1.54 bits per heavy atom. The van der Waals surface area contributed by atoms with E-state index in [9.17, 15) is 0 Å². The van der Waals surface area contributed by atoms with Crippen molar-refractivity contribution in [3.05, 3.63) is 24.4 Å². The molecule has 0 amide bonds. The number of nitrogens with zero attached hydrogens (tertiary/aromatic N) is 5. The van der Waals surface area contributed by atoms with E-state index in [-0.39, 0.29) is 0 Å². The summed E-state index contributed by atoms with van der Waals surface area (Å²) in [6.45, 7) is 0.591. The van der Waals surface area contributed by atoms with Gasteiger partial charge in [-0.3, -0.25) is 4.68 Å². The third kappa shape index (κ3) is 1.51. The van der Waals surface area contributed by atoms with E-state index < -0.39 is 0 Å². The first-order valence-corrected chi connectivity index (χ1v) is 3.87. The molecule has 0 saturated heterocycles. The highest BCUT2D eigenvalue weighted by atomic mass is 15.3. The van der Waals surface area contributed by atoms with Crippen LogP contribution in [-0.2, 0) is 13.6 Å². The molecule has 2 N–H and O–H groups in total. The summed E-state index contributed by atoms with van der Waals surface area (Å²) in [4.78, 5) is 0. The predicted molar refractivity (Wildman–Crippen MR) is 46.7 cm³/mol. The van der Waals surface area contributed by atoms with Gasteiger partial charge >= 0.3 is 0 Å². The lowest BCUT2D eigenvalue weighted by molar-refractivity contribution is 0.632. The summed E-state index contributed by atoms with van der Waals surface area (Å²) in [5.41, 5.74) is 5.47. The average Bonchev–Trinajstić information content (AvgIpc) is 2.64. The van der Waals surface area contributed by atoms with Gasteiger partial charge in [-0.05, 0) is 6.07 Å². The highest BCUT2D eigenvalue weighted by molar-refractivity contribution is 5.23. The van der Waals surface area contributed by atoms with Crippen LogP contribution in [0, 0.1) is 0 Å². The fraction of sp³-hybridized carbons (Fsp3) is 0.286. The van der Waals surface area contributed by atoms with Crippen molar-refractivity contribution in [3.8, 4) is 0 Å². The average molecular weight is 178 g/mol. The van der Waals surface area contributed by atoms with Gasteiger partial charge in [-0.1, -0.05) is 0 Å². The van der Waals surface area contributed by atoms with Crippen molar-refractivity contribution in [2.45, 2.75) is 6.54 Å². The molecule has 6 nitrogen and oxygen atoms in total. The third-order valence-corrected chi connectivity index (χ3v) is 1.77. The van der Waals surface area contributed by atoms with Crippen LogP contribution in [-0.4, -0.2) is 24.5 Å². The van der Waals surface area contributed by atoms with Gasteiger partial charge in [0.1, 0.15) is 18.7 Å². The number of aromatic nitrogens is 5. The molecule has 0 aliphatic carbocycles. The van der Waals surface area contributed by atoms with E-state index in [1.807, 2.05) is 17.8 Å². The molecule has 0 fully saturated rings. The molecule has 0 unspecified atom stereocenters. The summed E-state index contributed by atoms with van der Waals surface area (Å²) in [6.07, 6.45) is 3.46. The number of anilines is 1. The second-order valence-electron chi connectivity index (χ2n) is 2.80. The first kappa shape index (κ1) is 7.78. The van der Waals surface area contributed by atoms with Crippen LogP contribution in [0.2, 0.25) is 0 Å². The van der Waals surface area contributed by atoms with Crippen molar-refractivity contribution < 1.29 is 0 Å². The zero-order valence-electron chi connectivity index (χ0n) is 7.25. The van der Waals surface area contributed by atoms with Gasteiger partial charge in [0.05, 0.1) is 0 Å². The molecule has 0 bridgehead atoms. The Kier molecular flexibility index (Phi) is 1.73. The Balaban J connectivity index is 2.19. The maximum atomic E-state index is 5.47. The van der Waals surface area contributed by atoms with Crippen LogP contribution in [0.4, 0.5) is 5.82 Å². The second kappa shape index (κ2) is 2.89. The SMILES string of the molecule is Cn1cnnc1Cn1ccc(N)n1. The molecule has 0 radical (unpaired) electrons. The molecule has 0 aliphatic rings. The lowest BCUT2D eigenvalue weighted by Crippen LogP contribution is -2.06. The minimum atomic E-state index is 0.516. The first-order valence-electron chi connectivity index (χ1n) is 3.87. The normalized spacial score (nSPS) is 10.5. The van der Waals surface area contributed by atoms with Crippen molar-refractivity contribution in [2.75, 3.05) is 5.73 Å². The molecular weight excluding hydrogens is 168 g/mol. The third-order valence-electron chi connectivity index (χ3n) is 1.77. The Hall–Kier alpha value is -1.85. The molecule has 2 aromatic rings. The summed E-state index contributed by atoms with van der Waals surface area (Å²) in [5.74, 6) is 1.37. The largest absolute Gasteiger partial charge is 0.382 e. The minimum absolute atomic E-state index is 0.516. The summed E-state index contributed by atoms with van der Waals surface area (Å²) < 4.78 is 3.57. The zero-order chi connectivity index (χ0) is 9.26. The summed E-state index contributed by atoms with van der Waals surface area (Å²) in [6, 6.07) is 1.75. The van der Waals surface area contributed by atoms with Crippen LogP contribution in [0.3, 0.4) is 0 Å². The van der Waals surface area contributed by atoms with Gasteiger partial charge in [0.15, 0.2) is 5.82 Å². The number of hydrogen-bond donors (Lipinski definition) is 1. The molecule has 0 aromatic carbocycles. The van der Waals surface area contributed by atoms with E-state index in [0.717, 1.165) is 5.82 Å². The standard InChI is InChI=1S/C7H10N6/c1-12-5-9-10-7(12)4-13-3-2-6(8)11-13/h2-3,5H,4H2,1H3,(H2,8,11). The quantitative estimate of drug-likeness (QED) is 0.681. The predicted octanol–water partition coefficient (Wildman–Crippen LogP) is -0.358. The maximum Gasteiger partial charge on any atom is 0.154 e. The van der Waals surface area contributed by atoms with Crippen molar-refractivity contribution in [2.24, 2.45) is 7.05 Å². The number of nitrogen functional groups attached to an aromatic ring is 1. The Labute approximate surface area is 75.0 Å². The molecule has 2 aromatic heterocycles. The molecule has 68 valence electrons. The molecule has 6 heteroatoms. The molecule has 13 heavy (non-hydrogen) atoms. The van der Waals surface area contributed by atoms with E-state index in [1.54, 1.807) is 17.1 Å². The van der Waals surface area contributed by atoms with Gasteiger partial charge in [0.25, 0.3) is 0 Å². The van der Waals surface area contributed by atoms with Crippen LogP contribution in [0.1, 0.15) is 5.82 Å². The lowest BCUT2D eigenvalue weighted by atomic mass is 10.6. The molecule has 2 heterocycles. The summed E-state index contributed by atoms with van der Waals surface area (Å²) >= 11 is 0.